The molecule has 2 rings (SSSR count). The number of ether oxygens (including phenoxy) is 1. The number of amides is 2. The molecule has 0 saturated carbocycles. The van der Waals surface area contributed by atoms with Crippen LogP contribution in [0.5, 0.6) is 5.75 Å². The number of unbranched alkanes of at least 4 members (excludes halogenated alkanes) is 1. The molecule has 1 heterocycles. The van der Waals surface area contributed by atoms with Crippen LogP contribution in [0.15, 0.2) is 24.3 Å². The minimum Gasteiger partial charge on any atom is -0.478 e. The Bertz CT molecular complexity index is 966. The number of para-hydroxylation sites is 2. The maximum Gasteiger partial charge on any atom is 0.241 e. The number of anilines is 1. The first-order valence-corrected chi connectivity index (χ1v) is 12.9. The Kier molecular flexibility index (Phi) is 11.2. The van der Waals surface area contributed by atoms with Gasteiger partial charge in [0.15, 0.2) is 6.10 Å². The van der Waals surface area contributed by atoms with Crippen molar-refractivity contribution in [2.24, 2.45) is 22.8 Å². The van der Waals surface area contributed by atoms with Crippen LogP contribution < -0.4 is 26.4 Å². The summed E-state index contributed by atoms with van der Waals surface area (Å²) in [6.07, 6.45) is 0.481. The quantitative estimate of drug-likeness (QED) is 0.211. The lowest BCUT2D eigenvalue weighted by Gasteiger charge is -2.36. The fourth-order valence-electron chi connectivity index (χ4n) is 4.45. The van der Waals surface area contributed by atoms with Gasteiger partial charge in [-0.1, -0.05) is 46.2 Å². The number of nitrogens with two attached hydrogens (primary N) is 2. The standard InChI is InChI=1S/C27H42N4O6/c1-5-6-11-30-26(36)17(2)12-20(32)18(29)13-27(3,4)14-24(34)31-16-23(25(35)21(33)15-28)37-22-10-8-7-9-19(22)31/h7-10,17-18,20,23,32H,5-6,11-16,28-29H2,1-4H3,(H,30,36)/t17-,18+,20+,23?/m1/s1. The van der Waals surface area contributed by atoms with Crippen molar-refractivity contribution in [3.63, 3.8) is 0 Å². The number of carbonyl (C=O) groups excluding carboxylic acids is 4. The molecule has 10 heteroatoms. The molecule has 0 aliphatic carbocycles. The Morgan fingerprint density at radius 1 is 1.24 bits per heavy atom. The third kappa shape index (κ3) is 8.62. The van der Waals surface area contributed by atoms with Crippen LogP contribution in [-0.2, 0) is 19.2 Å². The van der Waals surface area contributed by atoms with Crippen LogP contribution in [0.4, 0.5) is 5.69 Å². The van der Waals surface area contributed by atoms with Gasteiger partial charge in [0.25, 0.3) is 0 Å². The van der Waals surface area contributed by atoms with Crippen molar-refractivity contribution in [1.29, 1.82) is 0 Å². The number of rotatable bonds is 14. The van der Waals surface area contributed by atoms with E-state index in [9.17, 15) is 24.3 Å². The number of aliphatic hydroxyl groups is 1. The highest BCUT2D eigenvalue weighted by Crippen LogP contribution is 2.36. The summed E-state index contributed by atoms with van der Waals surface area (Å²) >= 11 is 0. The van der Waals surface area contributed by atoms with Crippen molar-refractivity contribution in [2.45, 2.75) is 78.0 Å². The second kappa shape index (κ2) is 13.6. The molecule has 206 valence electrons. The van der Waals surface area contributed by atoms with Gasteiger partial charge >= 0.3 is 0 Å². The Morgan fingerprint density at radius 3 is 2.57 bits per heavy atom. The lowest BCUT2D eigenvalue weighted by molar-refractivity contribution is -0.140. The fourth-order valence-corrected chi connectivity index (χ4v) is 4.45. The van der Waals surface area contributed by atoms with Gasteiger partial charge in [0.05, 0.1) is 24.9 Å². The first-order chi connectivity index (χ1) is 17.4. The molecule has 37 heavy (non-hydrogen) atoms. The SMILES string of the molecule is CCCCNC(=O)[C@H](C)C[C@H](O)[C@@H](N)CC(C)(C)CC(=O)N1CC(C(=O)C(=O)CN)Oc2ccccc21. The molecule has 6 N–H and O–H groups in total. The Morgan fingerprint density at radius 2 is 1.92 bits per heavy atom. The second-order valence-electron chi connectivity index (χ2n) is 10.6. The smallest absolute Gasteiger partial charge is 0.241 e. The lowest BCUT2D eigenvalue weighted by Crippen LogP contribution is -2.50. The topological polar surface area (TPSA) is 165 Å². The second-order valence-corrected chi connectivity index (χ2v) is 10.6. The molecule has 0 spiro atoms. The maximum absolute atomic E-state index is 13.4. The number of benzene rings is 1. The Hall–Kier alpha value is -2.82. The molecule has 0 bridgehead atoms. The van der Waals surface area contributed by atoms with Crippen LogP contribution in [0.1, 0.15) is 59.8 Å². The van der Waals surface area contributed by atoms with Crippen molar-refractivity contribution in [3.05, 3.63) is 24.3 Å². The molecule has 1 aromatic rings. The number of hydrogen-bond donors (Lipinski definition) is 4. The highest BCUT2D eigenvalue weighted by molar-refractivity contribution is 6.40. The molecule has 10 nitrogen and oxygen atoms in total. The third-order valence-electron chi connectivity index (χ3n) is 6.61. The van der Waals surface area contributed by atoms with Gasteiger partial charge in [0, 0.05) is 24.9 Å². The summed E-state index contributed by atoms with van der Waals surface area (Å²) in [7, 11) is 0. The molecule has 1 unspecified atom stereocenters. The summed E-state index contributed by atoms with van der Waals surface area (Å²) in [4.78, 5) is 51.5. The van der Waals surface area contributed by atoms with Gasteiger partial charge < -0.3 is 31.5 Å². The van der Waals surface area contributed by atoms with Crippen molar-refractivity contribution >= 4 is 29.1 Å². The predicted octanol–water partition coefficient (Wildman–Crippen LogP) is 1.31. The van der Waals surface area contributed by atoms with Gasteiger partial charge in [0.1, 0.15) is 5.75 Å². The average Bonchev–Trinajstić information content (AvgIpc) is 2.86. The Labute approximate surface area is 219 Å². The third-order valence-corrected chi connectivity index (χ3v) is 6.61. The van der Waals surface area contributed by atoms with Gasteiger partial charge in [-0.25, -0.2) is 0 Å². The largest absolute Gasteiger partial charge is 0.478 e. The molecule has 4 atom stereocenters. The zero-order valence-corrected chi connectivity index (χ0v) is 22.4. The van der Waals surface area contributed by atoms with Crippen LogP contribution in [0, 0.1) is 11.3 Å². The summed E-state index contributed by atoms with van der Waals surface area (Å²) in [6, 6.07) is 6.19. The molecule has 1 aliphatic rings. The molecular formula is C27H42N4O6. The van der Waals surface area contributed by atoms with E-state index in [2.05, 4.69) is 5.32 Å². The fraction of sp³-hybridized carbons (Fsp3) is 0.630. The van der Waals surface area contributed by atoms with Crippen LogP contribution >= 0.6 is 0 Å². The van der Waals surface area contributed by atoms with E-state index >= 15 is 0 Å². The number of carbonyl (C=O) groups is 4. The van der Waals surface area contributed by atoms with Crippen molar-refractivity contribution in [3.8, 4) is 5.75 Å². The van der Waals surface area contributed by atoms with E-state index in [1.807, 2.05) is 20.8 Å². The molecule has 0 saturated heterocycles. The molecule has 0 radical (unpaired) electrons. The van der Waals surface area contributed by atoms with Gasteiger partial charge in [-0.05, 0) is 36.8 Å². The van der Waals surface area contributed by atoms with E-state index in [1.54, 1.807) is 31.2 Å². The molecule has 0 aromatic heterocycles. The van der Waals surface area contributed by atoms with Crippen LogP contribution in [0.25, 0.3) is 0 Å². The van der Waals surface area contributed by atoms with E-state index in [-0.39, 0.29) is 31.2 Å². The molecule has 1 aromatic carbocycles. The predicted molar refractivity (Wildman–Crippen MR) is 141 cm³/mol. The van der Waals surface area contributed by atoms with E-state index in [1.165, 1.54) is 4.90 Å². The van der Waals surface area contributed by atoms with Crippen molar-refractivity contribution in [1.82, 2.24) is 5.32 Å². The van der Waals surface area contributed by atoms with E-state index in [0.29, 0.717) is 24.4 Å². The number of Topliss-reactive ketones (excluding diaryl/α,β-unsaturated/α-hetero) is 2. The van der Waals surface area contributed by atoms with E-state index in [4.69, 9.17) is 16.2 Å². The van der Waals surface area contributed by atoms with Crippen LogP contribution in [0.2, 0.25) is 0 Å². The number of hydrogen-bond acceptors (Lipinski definition) is 8. The minimum absolute atomic E-state index is 0.0839. The lowest BCUT2D eigenvalue weighted by atomic mass is 9.80. The summed E-state index contributed by atoms with van der Waals surface area (Å²) in [5, 5.41) is 13.5. The number of nitrogens with zero attached hydrogens (tertiary/aromatic N) is 1. The number of fused-ring (bicyclic) bond motifs is 1. The number of ketones is 2. The molecule has 0 fully saturated rings. The average molecular weight is 519 g/mol. The summed E-state index contributed by atoms with van der Waals surface area (Å²) in [5.74, 6) is -1.96. The monoisotopic (exact) mass is 518 g/mol. The van der Waals surface area contributed by atoms with Crippen molar-refractivity contribution < 1.29 is 29.0 Å². The van der Waals surface area contributed by atoms with Crippen LogP contribution in [0.3, 0.4) is 0 Å². The first-order valence-electron chi connectivity index (χ1n) is 12.9. The number of nitrogens with one attached hydrogen (secondary N) is 1. The minimum atomic E-state index is -1.13. The molecule has 1 aliphatic heterocycles. The van der Waals surface area contributed by atoms with Crippen molar-refractivity contribution in [2.75, 3.05) is 24.5 Å². The maximum atomic E-state index is 13.4. The summed E-state index contributed by atoms with van der Waals surface area (Å²) in [6.45, 7) is 7.64. The zero-order valence-electron chi connectivity index (χ0n) is 22.4. The zero-order chi connectivity index (χ0) is 27.8. The summed E-state index contributed by atoms with van der Waals surface area (Å²) in [5.41, 5.74) is 11.5. The summed E-state index contributed by atoms with van der Waals surface area (Å²) < 4.78 is 5.70. The highest BCUT2D eigenvalue weighted by atomic mass is 16.5. The van der Waals surface area contributed by atoms with E-state index < -0.39 is 47.7 Å². The first kappa shape index (κ1) is 30.4. The molecule has 2 amide bonds. The van der Waals surface area contributed by atoms with Gasteiger partial charge in [-0.15, -0.1) is 0 Å². The van der Waals surface area contributed by atoms with Crippen LogP contribution in [-0.4, -0.2) is 66.4 Å². The Balaban J connectivity index is 2.04. The van der Waals surface area contributed by atoms with Gasteiger partial charge in [0.2, 0.25) is 23.4 Å². The highest BCUT2D eigenvalue weighted by Gasteiger charge is 2.38. The normalized spacial score (nSPS) is 17.7. The van der Waals surface area contributed by atoms with Gasteiger partial charge in [-0.2, -0.15) is 0 Å². The number of aliphatic hydroxyl groups excluding tert-OH is 1. The molecular weight excluding hydrogens is 476 g/mol. The van der Waals surface area contributed by atoms with Gasteiger partial charge in [-0.3, -0.25) is 19.2 Å². The van der Waals surface area contributed by atoms with E-state index in [0.717, 1.165) is 12.8 Å².